The van der Waals surface area contributed by atoms with Crippen LogP contribution in [0.3, 0.4) is 0 Å². The number of methoxy groups -OCH3 is 1. The predicted octanol–water partition coefficient (Wildman–Crippen LogP) is 2.69. The molecule has 0 aliphatic carbocycles. The molecule has 0 atom stereocenters. The van der Waals surface area contributed by atoms with Crippen molar-refractivity contribution in [3.8, 4) is 11.5 Å². The van der Waals surface area contributed by atoms with Crippen LogP contribution in [0.2, 0.25) is 0 Å². The van der Waals surface area contributed by atoms with E-state index in [0.717, 1.165) is 17.1 Å². The Morgan fingerprint density at radius 2 is 1.77 bits per heavy atom. The Kier molecular flexibility index (Phi) is 4.60. The summed E-state index contributed by atoms with van der Waals surface area (Å²) in [5.74, 6) is -0.184. The maximum Gasteiger partial charge on any atom is 0.335 e. The molecule has 0 amide bonds. The molecular formula is C16H18N2O4. The van der Waals surface area contributed by atoms with Crippen molar-refractivity contribution in [3.05, 3.63) is 46.5 Å². The molecule has 1 aromatic carbocycles. The van der Waals surface area contributed by atoms with Crippen molar-refractivity contribution < 1.29 is 19.4 Å². The molecule has 116 valence electrons. The standard InChI is InChI=1S/C16H18N2O4/c1-9-10(2)18-13(11(3)17-9)8-22-15-7-12(16(19)20)5-6-14(15)21-4/h5-7H,8H2,1-4H3,(H,19,20). The fourth-order valence-corrected chi connectivity index (χ4v) is 1.97. The number of carboxylic acids is 1. The molecule has 2 aromatic rings. The lowest BCUT2D eigenvalue weighted by atomic mass is 10.2. The molecule has 0 spiro atoms. The van der Waals surface area contributed by atoms with E-state index in [-0.39, 0.29) is 12.2 Å². The van der Waals surface area contributed by atoms with E-state index in [1.807, 2.05) is 20.8 Å². The zero-order valence-corrected chi connectivity index (χ0v) is 13.0. The van der Waals surface area contributed by atoms with Gasteiger partial charge in [-0.1, -0.05) is 0 Å². The average molecular weight is 302 g/mol. The minimum absolute atomic E-state index is 0.138. The highest BCUT2D eigenvalue weighted by atomic mass is 16.5. The van der Waals surface area contributed by atoms with Crippen LogP contribution in [0.1, 0.15) is 33.1 Å². The molecule has 0 aliphatic rings. The van der Waals surface area contributed by atoms with Crippen LogP contribution >= 0.6 is 0 Å². The first kappa shape index (κ1) is 15.8. The number of nitrogens with zero attached hydrogens (tertiary/aromatic N) is 2. The van der Waals surface area contributed by atoms with Crippen molar-refractivity contribution in [2.45, 2.75) is 27.4 Å². The SMILES string of the molecule is COc1ccc(C(=O)O)cc1OCc1nc(C)c(C)nc1C. The van der Waals surface area contributed by atoms with Gasteiger partial charge in [0.2, 0.25) is 0 Å². The second-order valence-corrected chi connectivity index (χ2v) is 4.89. The molecule has 2 rings (SSSR count). The van der Waals surface area contributed by atoms with Crippen LogP contribution in [0.25, 0.3) is 0 Å². The molecule has 6 heteroatoms. The van der Waals surface area contributed by atoms with Gasteiger partial charge < -0.3 is 14.6 Å². The summed E-state index contributed by atoms with van der Waals surface area (Å²) >= 11 is 0. The summed E-state index contributed by atoms with van der Waals surface area (Å²) in [6.07, 6.45) is 0. The highest BCUT2D eigenvalue weighted by Gasteiger charge is 2.12. The molecule has 1 aromatic heterocycles. The number of ether oxygens (including phenoxy) is 2. The lowest BCUT2D eigenvalue weighted by Crippen LogP contribution is -2.07. The highest BCUT2D eigenvalue weighted by molar-refractivity contribution is 5.88. The molecular weight excluding hydrogens is 284 g/mol. The third-order valence-corrected chi connectivity index (χ3v) is 3.35. The first-order valence-corrected chi connectivity index (χ1v) is 6.77. The van der Waals surface area contributed by atoms with Gasteiger partial charge >= 0.3 is 5.97 Å². The van der Waals surface area contributed by atoms with Gasteiger partial charge in [-0.3, -0.25) is 9.97 Å². The number of carboxylic acid groups (broad SMARTS) is 1. The lowest BCUT2D eigenvalue weighted by Gasteiger charge is -2.13. The normalized spacial score (nSPS) is 10.4. The summed E-state index contributed by atoms with van der Waals surface area (Å²) in [4.78, 5) is 19.9. The summed E-state index contributed by atoms with van der Waals surface area (Å²) in [6.45, 7) is 5.85. The van der Waals surface area contributed by atoms with Crippen LogP contribution in [0.5, 0.6) is 11.5 Å². The fraction of sp³-hybridized carbons (Fsp3) is 0.312. The highest BCUT2D eigenvalue weighted by Crippen LogP contribution is 2.29. The van der Waals surface area contributed by atoms with E-state index in [9.17, 15) is 4.79 Å². The average Bonchev–Trinajstić information content (AvgIpc) is 2.49. The maximum atomic E-state index is 11.0. The molecule has 1 N–H and O–H groups in total. The van der Waals surface area contributed by atoms with Gasteiger partial charge in [0.05, 0.1) is 35.4 Å². The number of hydrogen-bond acceptors (Lipinski definition) is 5. The first-order valence-electron chi connectivity index (χ1n) is 6.77. The van der Waals surface area contributed by atoms with Crippen molar-refractivity contribution in [2.75, 3.05) is 7.11 Å². The zero-order valence-electron chi connectivity index (χ0n) is 13.0. The number of aromatic nitrogens is 2. The fourth-order valence-electron chi connectivity index (χ4n) is 1.97. The summed E-state index contributed by atoms with van der Waals surface area (Å²) < 4.78 is 10.9. The minimum atomic E-state index is -1.02. The van der Waals surface area contributed by atoms with Crippen molar-refractivity contribution in [1.29, 1.82) is 0 Å². The van der Waals surface area contributed by atoms with Crippen LogP contribution in [0, 0.1) is 20.8 Å². The van der Waals surface area contributed by atoms with Gasteiger partial charge in [-0.2, -0.15) is 0 Å². The number of carbonyl (C=O) groups is 1. The lowest BCUT2D eigenvalue weighted by molar-refractivity contribution is 0.0696. The molecule has 22 heavy (non-hydrogen) atoms. The molecule has 0 bridgehead atoms. The summed E-state index contributed by atoms with van der Waals surface area (Å²) in [7, 11) is 1.50. The van der Waals surface area contributed by atoms with Crippen LogP contribution in [-0.2, 0) is 6.61 Å². The van der Waals surface area contributed by atoms with Gasteiger partial charge in [-0.15, -0.1) is 0 Å². The first-order chi connectivity index (χ1) is 10.4. The second-order valence-electron chi connectivity index (χ2n) is 4.89. The monoisotopic (exact) mass is 302 g/mol. The Bertz CT molecular complexity index is 714. The van der Waals surface area contributed by atoms with E-state index in [0.29, 0.717) is 17.2 Å². The molecule has 0 saturated heterocycles. The quantitative estimate of drug-likeness (QED) is 0.914. The molecule has 0 radical (unpaired) electrons. The van der Waals surface area contributed by atoms with Crippen molar-refractivity contribution >= 4 is 5.97 Å². The topological polar surface area (TPSA) is 81.5 Å². The summed E-state index contributed by atoms with van der Waals surface area (Å²) in [5.41, 5.74) is 3.36. The summed E-state index contributed by atoms with van der Waals surface area (Å²) in [5, 5.41) is 9.05. The van der Waals surface area contributed by atoms with Gasteiger partial charge in [0.15, 0.2) is 11.5 Å². The molecule has 0 saturated carbocycles. The summed E-state index contributed by atoms with van der Waals surface area (Å²) in [6, 6.07) is 4.47. The Morgan fingerprint density at radius 3 is 2.41 bits per heavy atom. The van der Waals surface area contributed by atoms with E-state index in [4.69, 9.17) is 14.6 Å². The largest absolute Gasteiger partial charge is 0.493 e. The number of aromatic carboxylic acids is 1. The Hall–Kier alpha value is -2.63. The van der Waals surface area contributed by atoms with Gasteiger partial charge in [-0.25, -0.2) is 4.79 Å². The van der Waals surface area contributed by atoms with Gasteiger partial charge in [0.25, 0.3) is 0 Å². The number of benzene rings is 1. The van der Waals surface area contributed by atoms with Crippen molar-refractivity contribution in [3.63, 3.8) is 0 Å². The van der Waals surface area contributed by atoms with Gasteiger partial charge in [0, 0.05) is 0 Å². The van der Waals surface area contributed by atoms with Gasteiger partial charge in [-0.05, 0) is 39.0 Å². The van der Waals surface area contributed by atoms with E-state index < -0.39 is 5.97 Å². The number of hydrogen-bond donors (Lipinski definition) is 1. The Balaban J connectivity index is 2.26. The van der Waals surface area contributed by atoms with Crippen LogP contribution in [-0.4, -0.2) is 28.2 Å². The van der Waals surface area contributed by atoms with Crippen LogP contribution in [0.4, 0.5) is 0 Å². The minimum Gasteiger partial charge on any atom is -0.493 e. The smallest absolute Gasteiger partial charge is 0.335 e. The Labute approximate surface area is 128 Å². The second kappa shape index (κ2) is 6.43. The van der Waals surface area contributed by atoms with Crippen molar-refractivity contribution in [1.82, 2.24) is 9.97 Å². The molecule has 0 aliphatic heterocycles. The third kappa shape index (κ3) is 3.33. The maximum absolute atomic E-state index is 11.0. The Morgan fingerprint density at radius 1 is 1.09 bits per heavy atom. The number of rotatable bonds is 5. The van der Waals surface area contributed by atoms with E-state index in [2.05, 4.69) is 9.97 Å². The van der Waals surface area contributed by atoms with E-state index in [1.54, 1.807) is 6.07 Å². The molecule has 6 nitrogen and oxygen atoms in total. The van der Waals surface area contributed by atoms with E-state index in [1.165, 1.54) is 19.2 Å². The van der Waals surface area contributed by atoms with Crippen LogP contribution in [0.15, 0.2) is 18.2 Å². The predicted molar refractivity (Wildman–Crippen MR) is 80.5 cm³/mol. The van der Waals surface area contributed by atoms with Crippen molar-refractivity contribution in [2.24, 2.45) is 0 Å². The third-order valence-electron chi connectivity index (χ3n) is 3.35. The van der Waals surface area contributed by atoms with Gasteiger partial charge in [0.1, 0.15) is 6.61 Å². The molecule has 0 fully saturated rings. The van der Waals surface area contributed by atoms with Crippen LogP contribution < -0.4 is 9.47 Å². The van der Waals surface area contributed by atoms with E-state index >= 15 is 0 Å². The molecule has 1 heterocycles. The molecule has 0 unspecified atom stereocenters. The zero-order chi connectivity index (χ0) is 16.3. The number of aryl methyl sites for hydroxylation is 3.